The topological polar surface area (TPSA) is 55.1 Å². The van der Waals surface area contributed by atoms with Crippen molar-refractivity contribution in [3.05, 3.63) is 0 Å². The van der Waals surface area contributed by atoms with Gasteiger partial charge in [-0.2, -0.15) is 13.2 Å². The molecule has 0 saturated heterocycles. The first-order valence-corrected chi connectivity index (χ1v) is 3.97. The molecule has 3 N–H and O–H groups in total. The van der Waals surface area contributed by atoms with Gasteiger partial charge >= 0.3 is 12.1 Å². The van der Waals surface area contributed by atoms with E-state index in [1.807, 2.05) is 0 Å². The maximum absolute atomic E-state index is 11.7. The van der Waals surface area contributed by atoms with E-state index in [1.165, 1.54) is 0 Å². The lowest BCUT2D eigenvalue weighted by Crippen LogP contribution is -2.56. The zero-order valence-electron chi connectivity index (χ0n) is 6.95. The lowest BCUT2D eigenvalue weighted by atomic mass is 9.78. The summed E-state index contributed by atoms with van der Waals surface area (Å²) in [7, 11) is 0. The molecule has 0 aliphatic heterocycles. The van der Waals surface area contributed by atoms with Gasteiger partial charge in [-0.25, -0.2) is 0 Å². The number of nitrogens with one attached hydrogen (secondary N) is 1. The fraction of sp³-hybridized carbons (Fsp3) is 0.857. The van der Waals surface area contributed by atoms with Gasteiger partial charge in [0.2, 0.25) is 0 Å². The van der Waals surface area contributed by atoms with Gasteiger partial charge in [0, 0.05) is 12.1 Å². The molecule has 0 unspecified atom stereocenters. The van der Waals surface area contributed by atoms with E-state index < -0.39 is 17.6 Å². The minimum absolute atomic E-state index is 0.0919. The Balaban J connectivity index is 2.30. The summed E-state index contributed by atoms with van der Waals surface area (Å²) in [4.78, 5) is 10.4. The molecule has 3 nitrogen and oxygen atoms in total. The second-order valence-electron chi connectivity index (χ2n) is 3.40. The molecule has 0 bridgehead atoms. The van der Waals surface area contributed by atoms with Crippen LogP contribution in [0.3, 0.4) is 0 Å². The van der Waals surface area contributed by atoms with Crippen LogP contribution in [0.1, 0.15) is 19.3 Å². The quantitative estimate of drug-likeness (QED) is 0.677. The molecule has 0 heterocycles. The van der Waals surface area contributed by atoms with E-state index in [-0.39, 0.29) is 6.54 Å². The first-order chi connectivity index (χ1) is 5.83. The maximum atomic E-state index is 11.7. The molecule has 1 saturated carbocycles. The van der Waals surface area contributed by atoms with Crippen LogP contribution in [0.15, 0.2) is 0 Å². The van der Waals surface area contributed by atoms with Crippen molar-refractivity contribution in [2.24, 2.45) is 5.73 Å². The van der Waals surface area contributed by atoms with E-state index >= 15 is 0 Å². The molecule has 6 heteroatoms. The summed E-state index contributed by atoms with van der Waals surface area (Å²) in [6, 6.07) is 0. The smallest absolute Gasteiger partial charge is 0.346 e. The normalized spacial score (nSPS) is 20.6. The SMILES string of the molecule is NC1(CNC(=O)C(F)(F)F)CCC1. The molecule has 1 amide bonds. The molecule has 0 radical (unpaired) electrons. The largest absolute Gasteiger partial charge is 0.471 e. The van der Waals surface area contributed by atoms with Crippen molar-refractivity contribution < 1.29 is 18.0 Å². The van der Waals surface area contributed by atoms with Gasteiger partial charge in [-0.1, -0.05) is 0 Å². The molecule has 0 spiro atoms. The number of rotatable bonds is 2. The second kappa shape index (κ2) is 3.17. The predicted molar refractivity (Wildman–Crippen MR) is 39.8 cm³/mol. The Morgan fingerprint density at radius 1 is 1.46 bits per heavy atom. The Bertz CT molecular complexity index is 210. The summed E-state index contributed by atoms with van der Waals surface area (Å²) in [5.41, 5.74) is 5.00. The third kappa shape index (κ3) is 2.58. The number of carbonyl (C=O) groups excluding carboxylic acids is 1. The van der Waals surface area contributed by atoms with Gasteiger partial charge in [-0.15, -0.1) is 0 Å². The van der Waals surface area contributed by atoms with Crippen LogP contribution < -0.4 is 11.1 Å². The number of amides is 1. The van der Waals surface area contributed by atoms with Gasteiger partial charge < -0.3 is 11.1 Å². The molecule has 1 rings (SSSR count). The Hall–Kier alpha value is -0.780. The number of halogens is 3. The van der Waals surface area contributed by atoms with E-state index in [4.69, 9.17) is 5.73 Å². The molecule has 1 aliphatic rings. The zero-order valence-corrected chi connectivity index (χ0v) is 6.95. The minimum Gasteiger partial charge on any atom is -0.346 e. The van der Waals surface area contributed by atoms with Crippen molar-refractivity contribution in [2.75, 3.05) is 6.54 Å². The number of hydrogen-bond acceptors (Lipinski definition) is 2. The summed E-state index contributed by atoms with van der Waals surface area (Å²) >= 11 is 0. The Morgan fingerprint density at radius 3 is 2.31 bits per heavy atom. The molecule has 13 heavy (non-hydrogen) atoms. The van der Waals surface area contributed by atoms with Gasteiger partial charge in [0.1, 0.15) is 0 Å². The van der Waals surface area contributed by atoms with E-state index in [0.29, 0.717) is 12.8 Å². The molecule has 0 aromatic rings. The monoisotopic (exact) mass is 196 g/mol. The summed E-state index contributed by atoms with van der Waals surface area (Å²) in [6.45, 7) is -0.0919. The van der Waals surface area contributed by atoms with Crippen molar-refractivity contribution in [1.82, 2.24) is 5.32 Å². The zero-order chi connectivity index (χ0) is 10.1. The number of hydrogen-bond donors (Lipinski definition) is 2. The molecule has 0 atom stereocenters. The van der Waals surface area contributed by atoms with Crippen molar-refractivity contribution in [1.29, 1.82) is 0 Å². The van der Waals surface area contributed by atoms with Crippen LogP contribution in [0, 0.1) is 0 Å². The van der Waals surface area contributed by atoms with E-state index in [9.17, 15) is 18.0 Å². The van der Waals surface area contributed by atoms with E-state index in [0.717, 1.165) is 6.42 Å². The highest BCUT2D eigenvalue weighted by molar-refractivity contribution is 5.81. The Kier molecular flexibility index (Phi) is 2.51. The minimum atomic E-state index is -4.81. The van der Waals surface area contributed by atoms with Crippen LogP contribution in [-0.4, -0.2) is 24.2 Å². The molecule has 1 aliphatic carbocycles. The van der Waals surface area contributed by atoms with Crippen LogP contribution in [-0.2, 0) is 4.79 Å². The maximum Gasteiger partial charge on any atom is 0.471 e. The first-order valence-electron chi connectivity index (χ1n) is 3.97. The third-order valence-corrected chi connectivity index (χ3v) is 2.21. The van der Waals surface area contributed by atoms with Gasteiger partial charge in [0.05, 0.1) is 0 Å². The average molecular weight is 196 g/mol. The van der Waals surface area contributed by atoms with Crippen LogP contribution in [0.2, 0.25) is 0 Å². The predicted octanol–water partition coefficient (Wildman–Crippen LogP) is 0.546. The molecule has 1 fully saturated rings. The fourth-order valence-electron chi connectivity index (χ4n) is 1.16. The third-order valence-electron chi connectivity index (χ3n) is 2.21. The summed E-state index contributed by atoms with van der Waals surface area (Å²) in [6.07, 6.45) is -2.55. The highest BCUT2D eigenvalue weighted by Crippen LogP contribution is 2.28. The van der Waals surface area contributed by atoms with Gasteiger partial charge in [-0.05, 0) is 19.3 Å². The van der Waals surface area contributed by atoms with Crippen molar-refractivity contribution >= 4 is 5.91 Å². The second-order valence-corrected chi connectivity index (χ2v) is 3.40. The molecule has 0 aromatic heterocycles. The number of alkyl halides is 3. The van der Waals surface area contributed by atoms with Crippen molar-refractivity contribution in [3.8, 4) is 0 Å². The lowest BCUT2D eigenvalue weighted by molar-refractivity contribution is -0.174. The number of carbonyl (C=O) groups is 1. The van der Waals surface area contributed by atoms with Gasteiger partial charge in [0.25, 0.3) is 0 Å². The van der Waals surface area contributed by atoms with Crippen molar-refractivity contribution in [3.63, 3.8) is 0 Å². The van der Waals surface area contributed by atoms with Gasteiger partial charge in [-0.3, -0.25) is 4.79 Å². The summed E-state index contributed by atoms with van der Waals surface area (Å²) in [5, 5.41) is 1.78. The van der Waals surface area contributed by atoms with Crippen LogP contribution in [0.5, 0.6) is 0 Å². The average Bonchev–Trinajstić information content (AvgIpc) is 1.94. The summed E-state index contributed by atoms with van der Waals surface area (Å²) < 4.78 is 35.1. The summed E-state index contributed by atoms with van der Waals surface area (Å²) in [5.74, 6) is -1.91. The lowest BCUT2D eigenvalue weighted by Gasteiger charge is -2.38. The highest BCUT2D eigenvalue weighted by atomic mass is 19.4. The van der Waals surface area contributed by atoms with Crippen LogP contribution in [0.4, 0.5) is 13.2 Å². The Labute approximate surface area is 73.5 Å². The van der Waals surface area contributed by atoms with Crippen molar-refractivity contribution in [2.45, 2.75) is 31.0 Å². The molecular weight excluding hydrogens is 185 g/mol. The number of nitrogens with two attached hydrogens (primary N) is 1. The highest BCUT2D eigenvalue weighted by Gasteiger charge is 2.40. The van der Waals surface area contributed by atoms with Crippen LogP contribution >= 0.6 is 0 Å². The molecule has 0 aromatic carbocycles. The van der Waals surface area contributed by atoms with E-state index in [1.54, 1.807) is 5.32 Å². The molecular formula is C7H11F3N2O. The fourth-order valence-corrected chi connectivity index (χ4v) is 1.16. The van der Waals surface area contributed by atoms with Gasteiger partial charge in [0.15, 0.2) is 0 Å². The Morgan fingerprint density at radius 2 is 2.00 bits per heavy atom. The first kappa shape index (κ1) is 10.3. The van der Waals surface area contributed by atoms with E-state index in [2.05, 4.69) is 0 Å². The molecule has 76 valence electrons. The van der Waals surface area contributed by atoms with Crippen LogP contribution in [0.25, 0.3) is 0 Å². The standard InChI is InChI=1S/C7H11F3N2O/c8-7(9,10)5(13)12-4-6(11)2-1-3-6/h1-4,11H2,(H,12,13).